The lowest BCUT2D eigenvalue weighted by Gasteiger charge is -2.29. The highest BCUT2D eigenvalue weighted by Gasteiger charge is 2.25. The van der Waals surface area contributed by atoms with Crippen molar-refractivity contribution in [3.8, 4) is 11.3 Å². The molecule has 11 heteroatoms. The number of anilines is 1. The SMILES string of the molecule is O=C1NC(O)S/C1=C\c1ccnc(NC2CCC(NCc3nc(-c4ccsc4)ccc3F)CC2)n1. The highest BCUT2D eigenvalue weighted by atomic mass is 32.2. The second kappa shape index (κ2) is 10.8. The minimum absolute atomic E-state index is 0.235. The van der Waals surface area contributed by atoms with E-state index in [1.807, 2.05) is 16.8 Å². The van der Waals surface area contributed by atoms with Crippen LogP contribution in [0.1, 0.15) is 37.1 Å². The van der Waals surface area contributed by atoms with Crippen molar-refractivity contribution in [1.29, 1.82) is 0 Å². The molecule has 0 radical (unpaired) electrons. The van der Waals surface area contributed by atoms with Crippen molar-refractivity contribution < 1.29 is 14.3 Å². The molecule has 182 valence electrons. The van der Waals surface area contributed by atoms with Crippen LogP contribution in [0.4, 0.5) is 10.3 Å². The zero-order chi connectivity index (χ0) is 24.2. The molecule has 2 fully saturated rings. The zero-order valence-electron chi connectivity index (χ0n) is 18.8. The summed E-state index contributed by atoms with van der Waals surface area (Å²) >= 11 is 2.65. The molecule has 2 aliphatic rings. The molecule has 0 bridgehead atoms. The molecule has 1 saturated heterocycles. The van der Waals surface area contributed by atoms with E-state index in [9.17, 15) is 14.3 Å². The number of carbonyl (C=O) groups is 1. The molecular weight excluding hydrogens is 487 g/mol. The lowest BCUT2D eigenvalue weighted by atomic mass is 9.91. The normalized spacial score (nSPS) is 23.4. The number of thioether (sulfide) groups is 1. The average molecular weight is 513 g/mol. The Balaban J connectivity index is 1.12. The van der Waals surface area contributed by atoms with Crippen LogP contribution in [0.25, 0.3) is 17.3 Å². The first-order valence-corrected chi connectivity index (χ1v) is 13.2. The zero-order valence-corrected chi connectivity index (χ0v) is 20.4. The summed E-state index contributed by atoms with van der Waals surface area (Å²) in [5.41, 5.74) is 1.92. The number of aliphatic hydroxyl groups is 1. The van der Waals surface area contributed by atoms with E-state index in [2.05, 4.69) is 30.9 Å². The quantitative estimate of drug-likeness (QED) is 0.355. The lowest BCUT2D eigenvalue weighted by Crippen LogP contribution is -2.37. The fourth-order valence-electron chi connectivity index (χ4n) is 4.19. The second-order valence-electron chi connectivity index (χ2n) is 8.47. The van der Waals surface area contributed by atoms with Gasteiger partial charge in [-0.05, 0) is 61.4 Å². The molecule has 1 atom stereocenters. The van der Waals surface area contributed by atoms with Gasteiger partial charge in [0, 0.05) is 35.8 Å². The molecule has 3 aromatic rings. The van der Waals surface area contributed by atoms with Crippen molar-refractivity contribution in [3.63, 3.8) is 0 Å². The Hall–Kier alpha value is -2.86. The Morgan fingerprint density at radius 1 is 1.14 bits per heavy atom. The number of hydrogen-bond donors (Lipinski definition) is 4. The fraction of sp³-hybridized carbons (Fsp3) is 0.333. The monoisotopic (exact) mass is 512 g/mol. The number of hydrogen-bond acceptors (Lipinski definition) is 9. The van der Waals surface area contributed by atoms with Crippen LogP contribution < -0.4 is 16.0 Å². The molecule has 4 N–H and O–H groups in total. The number of amides is 1. The topological polar surface area (TPSA) is 112 Å². The van der Waals surface area contributed by atoms with Crippen LogP contribution in [0.5, 0.6) is 0 Å². The van der Waals surface area contributed by atoms with Gasteiger partial charge in [0.1, 0.15) is 5.82 Å². The van der Waals surface area contributed by atoms with Gasteiger partial charge < -0.3 is 21.1 Å². The number of pyridine rings is 1. The molecule has 0 aromatic carbocycles. The van der Waals surface area contributed by atoms with Gasteiger partial charge in [0.05, 0.1) is 22.0 Å². The Bertz CT molecular complexity index is 1210. The van der Waals surface area contributed by atoms with Crippen LogP contribution in [0, 0.1) is 5.82 Å². The number of halogens is 1. The van der Waals surface area contributed by atoms with E-state index in [-0.39, 0.29) is 17.8 Å². The van der Waals surface area contributed by atoms with E-state index >= 15 is 0 Å². The van der Waals surface area contributed by atoms with Crippen molar-refractivity contribution in [2.24, 2.45) is 0 Å². The van der Waals surface area contributed by atoms with Crippen LogP contribution in [0.2, 0.25) is 0 Å². The third-order valence-corrected chi connectivity index (χ3v) is 7.61. The maximum atomic E-state index is 14.3. The van der Waals surface area contributed by atoms with E-state index in [1.54, 1.807) is 35.7 Å². The first kappa shape index (κ1) is 23.9. The smallest absolute Gasteiger partial charge is 0.260 e. The maximum absolute atomic E-state index is 14.3. The third-order valence-electron chi connectivity index (χ3n) is 6.03. The molecule has 1 aliphatic carbocycles. The molecule has 4 heterocycles. The summed E-state index contributed by atoms with van der Waals surface area (Å²) in [7, 11) is 0. The number of thiophene rings is 1. The van der Waals surface area contributed by atoms with Crippen molar-refractivity contribution in [2.75, 3.05) is 5.32 Å². The van der Waals surface area contributed by atoms with Gasteiger partial charge >= 0.3 is 0 Å². The first-order chi connectivity index (χ1) is 17.0. The van der Waals surface area contributed by atoms with E-state index in [0.29, 0.717) is 34.8 Å². The minimum atomic E-state index is -0.922. The second-order valence-corrected chi connectivity index (χ2v) is 10.4. The Labute approximate surface area is 210 Å². The molecule has 1 aliphatic heterocycles. The summed E-state index contributed by atoms with van der Waals surface area (Å²) in [6.45, 7) is 0.396. The molecule has 0 spiro atoms. The van der Waals surface area contributed by atoms with Crippen molar-refractivity contribution in [2.45, 2.75) is 49.9 Å². The number of nitrogens with one attached hydrogen (secondary N) is 3. The summed E-state index contributed by atoms with van der Waals surface area (Å²) in [4.78, 5) is 25.5. The number of nitrogens with zero attached hydrogens (tertiary/aromatic N) is 3. The van der Waals surface area contributed by atoms with Gasteiger partial charge in [-0.25, -0.2) is 19.3 Å². The van der Waals surface area contributed by atoms with Gasteiger partial charge in [-0.3, -0.25) is 4.79 Å². The van der Waals surface area contributed by atoms with Gasteiger partial charge in [0.15, 0.2) is 5.56 Å². The fourth-order valence-corrected chi connectivity index (χ4v) is 5.60. The van der Waals surface area contributed by atoms with Crippen LogP contribution in [-0.4, -0.2) is 43.6 Å². The van der Waals surface area contributed by atoms with Gasteiger partial charge in [-0.1, -0.05) is 11.8 Å². The summed E-state index contributed by atoms with van der Waals surface area (Å²) in [5.74, 6) is -0.0900. The Morgan fingerprint density at radius 3 is 2.71 bits per heavy atom. The summed E-state index contributed by atoms with van der Waals surface area (Å²) in [6, 6.07) is 7.44. The van der Waals surface area contributed by atoms with E-state index in [4.69, 9.17) is 0 Å². The van der Waals surface area contributed by atoms with Crippen molar-refractivity contribution in [3.05, 3.63) is 63.3 Å². The van der Waals surface area contributed by atoms with E-state index in [1.165, 1.54) is 6.07 Å². The van der Waals surface area contributed by atoms with Crippen LogP contribution >= 0.6 is 23.1 Å². The molecule has 1 amide bonds. The lowest BCUT2D eigenvalue weighted by molar-refractivity contribution is -0.117. The largest absolute Gasteiger partial charge is 0.364 e. The number of aromatic nitrogens is 3. The number of aliphatic hydroxyl groups excluding tert-OH is 1. The summed E-state index contributed by atoms with van der Waals surface area (Å²) in [5, 5.41) is 22.8. The highest BCUT2D eigenvalue weighted by Crippen LogP contribution is 2.28. The minimum Gasteiger partial charge on any atom is -0.364 e. The van der Waals surface area contributed by atoms with Gasteiger partial charge in [-0.2, -0.15) is 11.3 Å². The van der Waals surface area contributed by atoms with Crippen LogP contribution in [-0.2, 0) is 11.3 Å². The van der Waals surface area contributed by atoms with Gasteiger partial charge in [-0.15, -0.1) is 0 Å². The number of rotatable bonds is 7. The predicted octanol–water partition coefficient (Wildman–Crippen LogP) is 3.73. The highest BCUT2D eigenvalue weighted by molar-refractivity contribution is 8.05. The molecule has 8 nitrogen and oxygen atoms in total. The maximum Gasteiger partial charge on any atom is 0.260 e. The van der Waals surface area contributed by atoms with Crippen LogP contribution in [0.15, 0.2) is 46.1 Å². The van der Waals surface area contributed by atoms with E-state index < -0.39 is 5.56 Å². The summed E-state index contributed by atoms with van der Waals surface area (Å²) < 4.78 is 14.3. The van der Waals surface area contributed by atoms with Crippen molar-refractivity contribution >= 4 is 41.0 Å². The summed E-state index contributed by atoms with van der Waals surface area (Å²) in [6.07, 6.45) is 7.05. The molecule has 1 saturated carbocycles. The molecule has 1 unspecified atom stereocenters. The molecule has 35 heavy (non-hydrogen) atoms. The van der Waals surface area contributed by atoms with Gasteiger partial charge in [0.25, 0.3) is 5.91 Å². The standard InChI is InChI=1S/C24H25FN6O2S2/c25-18-5-6-19(14-8-10-34-13-14)30-20(18)12-27-15-1-3-16(4-2-15)28-23-26-9-7-17(29-23)11-21-22(32)31-24(33)35-21/h5-11,13,15-16,24,27,33H,1-4,12H2,(H,31,32)(H,26,28,29)/b21-11-. The molecule has 5 rings (SSSR count). The molecular formula is C24H25FN6O2S2. The average Bonchev–Trinajstić information content (AvgIpc) is 3.49. The first-order valence-electron chi connectivity index (χ1n) is 11.4. The van der Waals surface area contributed by atoms with Crippen molar-refractivity contribution in [1.82, 2.24) is 25.6 Å². The van der Waals surface area contributed by atoms with Crippen LogP contribution in [0.3, 0.4) is 0 Å². The van der Waals surface area contributed by atoms with E-state index in [0.717, 1.165) is 48.7 Å². The predicted molar refractivity (Wildman–Crippen MR) is 136 cm³/mol. The third kappa shape index (κ3) is 6.04. The Morgan fingerprint density at radius 2 is 1.97 bits per heavy atom. The molecule has 3 aromatic heterocycles. The Kier molecular flexibility index (Phi) is 7.37. The van der Waals surface area contributed by atoms with Gasteiger partial charge in [0.2, 0.25) is 5.95 Å². The number of carbonyl (C=O) groups excluding carboxylic acids is 1.